The molecule has 3 aromatic rings. The molecule has 2 heterocycles. The second kappa shape index (κ2) is 9.93. The standard InChI is InChI=1S/C25H25ClFN3O4S/c1-15-4-5-18(12-28-15)25(31)21-10-19(26)6-8-23(21)29-35(32,33)20-7-9-24(22(27)11-20)30-13-16(2)34-17(3)14-30/h4-12,16-17,29H,13-14H2,1-3H3/t16-,17+. The SMILES string of the molecule is Cc1ccc(C(=O)c2cc(Cl)ccc2NS(=O)(=O)c2ccc(N3C[C@@H](C)O[C@@H](C)C3)c(F)c2)cn1. The molecule has 0 aliphatic carbocycles. The zero-order chi connectivity index (χ0) is 25.3. The van der Waals surface area contributed by atoms with Crippen LogP contribution in [-0.2, 0) is 14.8 Å². The molecule has 0 spiro atoms. The fraction of sp³-hybridized carbons (Fsp3) is 0.280. The Balaban J connectivity index is 1.63. The minimum Gasteiger partial charge on any atom is -0.372 e. The van der Waals surface area contributed by atoms with E-state index in [2.05, 4.69) is 9.71 Å². The third-order valence-electron chi connectivity index (χ3n) is 5.63. The van der Waals surface area contributed by atoms with Crippen molar-refractivity contribution in [3.05, 3.63) is 82.4 Å². The van der Waals surface area contributed by atoms with Gasteiger partial charge in [0.2, 0.25) is 0 Å². The number of morpholine rings is 1. The Bertz CT molecular complexity index is 1360. The van der Waals surface area contributed by atoms with Crippen LogP contribution in [0.2, 0.25) is 5.02 Å². The molecule has 1 aromatic heterocycles. The van der Waals surface area contributed by atoms with E-state index in [0.29, 0.717) is 18.8 Å². The maximum absolute atomic E-state index is 15.0. The molecule has 0 amide bonds. The summed E-state index contributed by atoms with van der Waals surface area (Å²) in [4.78, 5) is 18.8. The number of hydrogen-bond donors (Lipinski definition) is 1. The van der Waals surface area contributed by atoms with Crippen molar-refractivity contribution in [3.63, 3.8) is 0 Å². The number of aryl methyl sites for hydroxylation is 1. The van der Waals surface area contributed by atoms with E-state index in [1.165, 1.54) is 36.5 Å². The summed E-state index contributed by atoms with van der Waals surface area (Å²) in [6, 6.07) is 11.3. The van der Waals surface area contributed by atoms with Crippen LogP contribution in [-0.4, -0.2) is 44.5 Å². The molecular weight excluding hydrogens is 493 g/mol. The third kappa shape index (κ3) is 5.63. The zero-order valence-corrected chi connectivity index (χ0v) is 21.0. The van der Waals surface area contributed by atoms with Gasteiger partial charge in [-0.1, -0.05) is 11.6 Å². The van der Waals surface area contributed by atoms with E-state index < -0.39 is 21.6 Å². The molecule has 4 rings (SSSR count). The van der Waals surface area contributed by atoms with Gasteiger partial charge in [-0.05, 0) is 69.3 Å². The molecular formula is C25H25ClFN3O4S. The van der Waals surface area contributed by atoms with Crippen molar-refractivity contribution in [2.45, 2.75) is 37.9 Å². The van der Waals surface area contributed by atoms with E-state index in [1.54, 1.807) is 19.1 Å². The van der Waals surface area contributed by atoms with Crippen LogP contribution in [0.15, 0.2) is 59.6 Å². The monoisotopic (exact) mass is 517 g/mol. The van der Waals surface area contributed by atoms with Crippen LogP contribution in [0.4, 0.5) is 15.8 Å². The number of nitrogens with one attached hydrogen (secondary N) is 1. The molecule has 0 saturated carbocycles. The van der Waals surface area contributed by atoms with Gasteiger partial charge in [-0.15, -0.1) is 0 Å². The van der Waals surface area contributed by atoms with Crippen LogP contribution in [0.25, 0.3) is 0 Å². The molecule has 10 heteroatoms. The smallest absolute Gasteiger partial charge is 0.262 e. The summed E-state index contributed by atoms with van der Waals surface area (Å²) in [5.41, 5.74) is 1.41. The maximum Gasteiger partial charge on any atom is 0.262 e. The van der Waals surface area contributed by atoms with Crippen LogP contribution in [0.3, 0.4) is 0 Å². The van der Waals surface area contributed by atoms with E-state index in [-0.39, 0.29) is 38.9 Å². The van der Waals surface area contributed by atoms with E-state index in [9.17, 15) is 13.2 Å². The molecule has 184 valence electrons. The number of carbonyl (C=O) groups is 1. The minimum absolute atomic E-state index is 0.0280. The molecule has 1 saturated heterocycles. The van der Waals surface area contributed by atoms with E-state index in [4.69, 9.17) is 16.3 Å². The normalized spacial score (nSPS) is 18.4. The van der Waals surface area contributed by atoms with Crippen molar-refractivity contribution in [2.75, 3.05) is 22.7 Å². The number of sulfonamides is 1. The highest BCUT2D eigenvalue weighted by Gasteiger charge is 2.26. The van der Waals surface area contributed by atoms with E-state index in [1.807, 2.05) is 18.7 Å². The van der Waals surface area contributed by atoms with Crippen LogP contribution >= 0.6 is 11.6 Å². The van der Waals surface area contributed by atoms with Gasteiger partial charge in [0.05, 0.1) is 28.5 Å². The van der Waals surface area contributed by atoms with Gasteiger partial charge in [0.25, 0.3) is 10.0 Å². The Morgan fingerprint density at radius 2 is 1.83 bits per heavy atom. The minimum atomic E-state index is -4.21. The lowest BCUT2D eigenvalue weighted by Gasteiger charge is -2.37. The Morgan fingerprint density at radius 3 is 2.46 bits per heavy atom. The van der Waals surface area contributed by atoms with Gasteiger partial charge in [-0.3, -0.25) is 14.5 Å². The van der Waals surface area contributed by atoms with Crippen molar-refractivity contribution < 1.29 is 22.3 Å². The summed E-state index contributed by atoms with van der Waals surface area (Å²) >= 11 is 6.09. The average Bonchev–Trinajstić information content (AvgIpc) is 2.79. The Kier molecular flexibility index (Phi) is 7.12. The molecule has 35 heavy (non-hydrogen) atoms. The molecule has 0 radical (unpaired) electrons. The number of anilines is 2. The van der Waals surface area contributed by atoms with Crippen LogP contribution in [0.1, 0.15) is 35.5 Å². The molecule has 7 nitrogen and oxygen atoms in total. The highest BCUT2D eigenvalue weighted by atomic mass is 35.5. The van der Waals surface area contributed by atoms with Gasteiger partial charge in [0.1, 0.15) is 5.82 Å². The van der Waals surface area contributed by atoms with Gasteiger partial charge in [-0.2, -0.15) is 0 Å². The van der Waals surface area contributed by atoms with Crippen molar-refractivity contribution >= 4 is 38.8 Å². The first-order chi connectivity index (χ1) is 16.5. The highest BCUT2D eigenvalue weighted by Crippen LogP contribution is 2.29. The fourth-order valence-electron chi connectivity index (χ4n) is 4.04. The maximum atomic E-state index is 15.0. The van der Waals surface area contributed by atoms with Gasteiger partial charge in [-0.25, -0.2) is 12.8 Å². The second-order valence-corrected chi connectivity index (χ2v) is 10.7. The first-order valence-electron chi connectivity index (χ1n) is 11.0. The first kappa shape index (κ1) is 25.1. The number of ether oxygens (including phenoxy) is 1. The second-order valence-electron chi connectivity index (χ2n) is 8.59. The largest absolute Gasteiger partial charge is 0.372 e. The van der Waals surface area contributed by atoms with Crippen LogP contribution in [0.5, 0.6) is 0 Å². The molecule has 1 aliphatic rings. The Morgan fingerprint density at radius 1 is 1.11 bits per heavy atom. The van der Waals surface area contributed by atoms with Crippen molar-refractivity contribution in [3.8, 4) is 0 Å². The summed E-state index contributed by atoms with van der Waals surface area (Å²) in [7, 11) is -4.21. The first-order valence-corrected chi connectivity index (χ1v) is 12.9. The summed E-state index contributed by atoms with van der Waals surface area (Å²) in [5.74, 6) is -1.11. The Hall–Kier alpha value is -3.01. The number of benzene rings is 2. The van der Waals surface area contributed by atoms with Gasteiger partial charge in [0.15, 0.2) is 5.78 Å². The lowest BCUT2D eigenvalue weighted by Crippen LogP contribution is -2.45. The summed E-state index contributed by atoms with van der Waals surface area (Å²) in [6.07, 6.45) is 1.26. The number of aromatic nitrogens is 1. The lowest BCUT2D eigenvalue weighted by atomic mass is 10.0. The summed E-state index contributed by atoms with van der Waals surface area (Å²) < 4.78 is 49.3. The number of pyridine rings is 1. The van der Waals surface area contributed by atoms with Crippen LogP contribution < -0.4 is 9.62 Å². The third-order valence-corrected chi connectivity index (χ3v) is 7.23. The highest BCUT2D eigenvalue weighted by molar-refractivity contribution is 7.92. The fourth-order valence-corrected chi connectivity index (χ4v) is 5.30. The predicted molar refractivity (Wildman–Crippen MR) is 133 cm³/mol. The molecule has 1 fully saturated rings. The van der Waals surface area contributed by atoms with E-state index in [0.717, 1.165) is 11.8 Å². The van der Waals surface area contributed by atoms with Gasteiger partial charge >= 0.3 is 0 Å². The molecule has 0 unspecified atom stereocenters. The van der Waals surface area contributed by atoms with Crippen LogP contribution in [0, 0.1) is 12.7 Å². The Labute approximate surface area is 208 Å². The zero-order valence-electron chi connectivity index (χ0n) is 19.5. The lowest BCUT2D eigenvalue weighted by molar-refractivity contribution is -0.00540. The number of hydrogen-bond acceptors (Lipinski definition) is 6. The summed E-state index contributed by atoms with van der Waals surface area (Å²) in [6.45, 7) is 6.59. The molecule has 2 atom stereocenters. The summed E-state index contributed by atoms with van der Waals surface area (Å²) in [5, 5.41) is 0.265. The number of rotatable bonds is 6. The number of nitrogens with zero attached hydrogens (tertiary/aromatic N) is 2. The van der Waals surface area contributed by atoms with Gasteiger partial charge in [0, 0.05) is 41.1 Å². The van der Waals surface area contributed by atoms with Crippen molar-refractivity contribution in [1.29, 1.82) is 0 Å². The van der Waals surface area contributed by atoms with Crippen molar-refractivity contribution in [2.24, 2.45) is 0 Å². The molecule has 0 bridgehead atoms. The van der Waals surface area contributed by atoms with Gasteiger partial charge < -0.3 is 9.64 Å². The van der Waals surface area contributed by atoms with E-state index >= 15 is 4.39 Å². The topological polar surface area (TPSA) is 88.6 Å². The van der Waals surface area contributed by atoms with Crippen molar-refractivity contribution in [1.82, 2.24) is 4.98 Å². The number of carbonyl (C=O) groups excluding carboxylic acids is 1. The molecule has 1 aliphatic heterocycles. The average molecular weight is 518 g/mol. The quantitative estimate of drug-likeness (QED) is 0.471. The molecule has 2 aromatic carbocycles. The molecule has 1 N–H and O–H groups in total. The predicted octanol–water partition coefficient (Wildman–Crippen LogP) is 4.83. The number of ketones is 1. The number of halogens is 2.